The SMILES string of the molecule is CC(=O)OC1CN2CCC1CC2OC(=O)CCCC[C@@H]1CCSS1. The lowest BCUT2D eigenvalue weighted by Crippen LogP contribution is -2.57. The fourth-order valence-electron chi connectivity index (χ4n) is 3.81. The van der Waals surface area contributed by atoms with Crippen molar-refractivity contribution in [2.45, 2.75) is 69.5 Å². The van der Waals surface area contributed by atoms with E-state index < -0.39 is 0 Å². The van der Waals surface area contributed by atoms with Crippen molar-refractivity contribution in [3.05, 3.63) is 0 Å². The van der Waals surface area contributed by atoms with Crippen molar-refractivity contribution in [2.75, 3.05) is 18.8 Å². The Bertz CT molecular complexity index is 456. The molecule has 4 unspecified atom stereocenters. The molecule has 4 aliphatic rings. The van der Waals surface area contributed by atoms with Gasteiger partial charge in [0.2, 0.25) is 0 Å². The molecular formula is C17H27NO4S2. The molecule has 7 heteroatoms. The fraction of sp³-hybridized carbons (Fsp3) is 0.882. The Morgan fingerprint density at radius 1 is 1.21 bits per heavy atom. The highest BCUT2D eigenvalue weighted by molar-refractivity contribution is 8.77. The van der Waals surface area contributed by atoms with E-state index in [-0.39, 0.29) is 24.3 Å². The minimum atomic E-state index is -0.221. The van der Waals surface area contributed by atoms with Crippen LogP contribution in [-0.2, 0) is 19.1 Å². The number of hydrogen-bond donors (Lipinski definition) is 0. The molecule has 4 saturated heterocycles. The van der Waals surface area contributed by atoms with Gasteiger partial charge >= 0.3 is 11.9 Å². The van der Waals surface area contributed by atoms with E-state index in [1.165, 1.54) is 25.5 Å². The summed E-state index contributed by atoms with van der Waals surface area (Å²) in [6.07, 6.45) is 6.73. The van der Waals surface area contributed by atoms with Crippen molar-refractivity contribution in [2.24, 2.45) is 5.92 Å². The third-order valence-electron chi connectivity index (χ3n) is 5.11. The van der Waals surface area contributed by atoms with Gasteiger partial charge in [0, 0.05) is 49.8 Å². The lowest BCUT2D eigenvalue weighted by atomic mass is 9.84. The van der Waals surface area contributed by atoms with Crippen LogP contribution in [0.1, 0.15) is 51.9 Å². The summed E-state index contributed by atoms with van der Waals surface area (Å²) in [4.78, 5) is 25.4. The maximum Gasteiger partial charge on any atom is 0.307 e. The van der Waals surface area contributed by atoms with Crippen molar-refractivity contribution in [3.63, 3.8) is 0 Å². The van der Waals surface area contributed by atoms with Crippen molar-refractivity contribution < 1.29 is 19.1 Å². The van der Waals surface area contributed by atoms with E-state index in [9.17, 15) is 9.59 Å². The van der Waals surface area contributed by atoms with Gasteiger partial charge in [0.05, 0.1) is 0 Å². The molecule has 0 spiro atoms. The lowest BCUT2D eigenvalue weighted by molar-refractivity contribution is -0.191. The molecule has 4 fully saturated rings. The van der Waals surface area contributed by atoms with Crippen LogP contribution in [0.25, 0.3) is 0 Å². The average Bonchev–Trinajstić information content (AvgIpc) is 3.05. The van der Waals surface area contributed by atoms with Gasteiger partial charge in [0.25, 0.3) is 0 Å². The maximum atomic E-state index is 12.1. The predicted molar refractivity (Wildman–Crippen MR) is 96.7 cm³/mol. The van der Waals surface area contributed by atoms with Gasteiger partial charge in [-0.1, -0.05) is 28.0 Å². The predicted octanol–water partition coefficient (Wildman–Crippen LogP) is 3.23. The van der Waals surface area contributed by atoms with Gasteiger partial charge in [-0.25, -0.2) is 0 Å². The monoisotopic (exact) mass is 373 g/mol. The first-order valence-corrected chi connectivity index (χ1v) is 11.4. The summed E-state index contributed by atoms with van der Waals surface area (Å²) < 4.78 is 11.1. The average molecular weight is 374 g/mol. The van der Waals surface area contributed by atoms with Gasteiger partial charge in [0.15, 0.2) is 6.23 Å². The van der Waals surface area contributed by atoms with E-state index in [0.717, 1.165) is 37.5 Å². The van der Waals surface area contributed by atoms with Crippen molar-refractivity contribution in [3.8, 4) is 0 Å². The summed E-state index contributed by atoms with van der Waals surface area (Å²) in [7, 11) is 3.97. The normalized spacial score (nSPS) is 35.0. The van der Waals surface area contributed by atoms with Crippen LogP contribution in [0.3, 0.4) is 0 Å². The molecule has 0 N–H and O–H groups in total. The highest BCUT2D eigenvalue weighted by Gasteiger charge is 2.43. The third-order valence-corrected chi connectivity index (χ3v) is 8.11. The molecule has 4 rings (SSSR count). The molecule has 4 heterocycles. The summed E-state index contributed by atoms with van der Waals surface area (Å²) in [5.74, 6) is 1.30. The smallest absolute Gasteiger partial charge is 0.307 e. The molecule has 0 amide bonds. The second-order valence-electron chi connectivity index (χ2n) is 6.95. The van der Waals surface area contributed by atoms with Gasteiger partial charge in [-0.2, -0.15) is 0 Å². The molecule has 0 radical (unpaired) electrons. The minimum Gasteiger partial charge on any atom is -0.461 e. The first-order valence-electron chi connectivity index (χ1n) is 9.01. The number of esters is 2. The molecule has 0 aromatic carbocycles. The quantitative estimate of drug-likeness (QED) is 0.386. The highest BCUT2D eigenvalue weighted by atomic mass is 33.1. The molecular weight excluding hydrogens is 346 g/mol. The molecule has 0 aromatic heterocycles. The lowest BCUT2D eigenvalue weighted by Gasteiger charge is -2.48. The number of carbonyl (C=O) groups excluding carboxylic acids is 2. The van der Waals surface area contributed by atoms with Crippen LogP contribution in [0.5, 0.6) is 0 Å². The van der Waals surface area contributed by atoms with Crippen LogP contribution >= 0.6 is 21.6 Å². The Labute approximate surface area is 152 Å². The van der Waals surface area contributed by atoms with Gasteiger partial charge in [-0.05, 0) is 25.7 Å². The van der Waals surface area contributed by atoms with E-state index in [4.69, 9.17) is 9.47 Å². The second-order valence-corrected chi connectivity index (χ2v) is 9.73. The highest BCUT2D eigenvalue weighted by Crippen LogP contribution is 2.40. The molecule has 24 heavy (non-hydrogen) atoms. The Kier molecular flexibility index (Phi) is 6.75. The molecule has 0 aliphatic carbocycles. The van der Waals surface area contributed by atoms with E-state index >= 15 is 0 Å². The maximum absolute atomic E-state index is 12.1. The minimum absolute atomic E-state index is 0.0343. The molecule has 5 atom stereocenters. The standard InChI is InChI=1S/C17H27NO4S2/c1-12(19)21-15-11-18-8-6-13(15)10-16(18)22-17(20)5-3-2-4-14-7-9-23-24-14/h13-16H,2-11H2,1H3/t13?,14-,15?,16?/m1/s1. The topological polar surface area (TPSA) is 55.8 Å². The number of fused-ring (bicyclic) bond motifs is 3. The Balaban J connectivity index is 1.34. The van der Waals surface area contributed by atoms with Crippen molar-refractivity contribution in [1.29, 1.82) is 0 Å². The van der Waals surface area contributed by atoms with Crippen LogP contribution in [0.4, 0.5) is 0 Å². The summed E-state index contributed by atoms with van der Waals surface area (Å²) >= 11 is 0. The van der Waals surface area contributed by atoms with Crippen LogP contribution in [0, 0.1) is 5.92 Å². The van der Waals surface area contributed by atoms with Crippen LogP contribution in [0.15, 0.2) is 0 Å². The largest absolute Gasteiger partial charge is 0.461 e. The van der Waals surface area contributed by atoms with Crippen LogP contribution < -0.4 is 0 Å². The third kappa shape index (κ3) is 5.05. The summed E-state index contributed by atoms with van der Waals surface area (Å²) in [5, 5.41) is 0.782. The molecule has 4 aliphatic heterocycles. The molecule has 136 valence electrons. The van der Waals surface area contributed by atoms with Gasteiger partial charge in [0.1, 0.15) is 6.10 Å². The Hall–Kier alpha value is -0.400. The summed E-state index contributed by atoms with van der Waals surface area (Å²) in [6.45, 7) is 3.08. The van der Waals surface area contributed by atoms with Gasteiger partial charge < -0.3 is 9.47 Å². The van der Waals surface area contributed by atoms with E-state index in [0.29, 0.717) is 18.9 Å². The second kappa shape index (κ2) is 8.81. The number of hydrogen-bond acceptors (Lipinski definition) is 7. The first kappa shape index (κ1) is 18.4. The summed E-state index contributed by atoms with van der Waals surface area (Å²) in [6, 6.07) is 0. The number of piperidine rings is 3. The number of carbonyl (C=O) groups is 2. The fourth-order valence-corrected chi connectivity index (χ4v) is 6.84. The summed E-state index contributed by atoms with van der Waals surface area (Å²) in [5.41, 5.74) is 0. The zero-order valence-corrected chi connectivity index (χ0v) is 15.9. The molecule has 0 saturated carbocycles. The number of unbranched alkanes of at least 4 members (excludes halogenated alkanes) is 1. The molecule has 2 bridgehead atoms. The van der Waals surface area contributed by atoms with Gasteiger partial charge in [-0.3, -0.25) is 14.5 Å². The Morgan fingerprint density at radius 3 is 2.75 bits per heavy atom. The van der Waals surface area contributed by atoms with E-state index in [1.807, 2.05) is 21.6 Å². The zero-order chi connectivity index (χ0) is 16.9. The van der Waals surface area contributed by atoms with Crippen molar-refractivity contribution in [1.82, 2.24) is 4.90 Å². The first-order chi connectivity index (χ1) is 11.6. The molecule has 5 nitrogen and oxygen atoms in total. The van der Waals surface area contributed by atoms with E-state index in [1.54, 1.807) is 0 Å². The Morgan fingerprint density at radius 2 is 2.08 bits per heavy atom. The molecule has 0 aromatic rings. The van der Waals surface area contributed by atoms with Crippen molar-refractivity contribution >= 4 is 33.5 Å². The number of rotatable bonds is 7. The number of nitrogens with zero attached hydrogens (tertiary/aromatic N) is 1. The van der Waals surface area contributed by atoms with Crippen LogP contribution in [0.2, 0.25) is 0 Å². The zero-order valence-electron chi connectivity index (χ0n) is 14.3. The van der Waals surface area contributed by atoms with E-state index in [2.05, 4.69) is 4.90 Å². The van der Waals surface area contributed by atoms with Crippen LogP contribution in [-0.4, -0.2) is 53.3 Å². The number of ether oxygens (including phenoxy) is 2. The van der Waals surface area contributed by atoms with Gasteiger partial charge in [-0.15, -0.1) is 0 Å².